The Balaban J connectivity index is 2.72. The predicted octanol–water partition coefficient (Wildman–Crippen LogP) is 1.96. The number of aromatic nitrogens is 1. The molecule has 0 saturated carbocycles. The molecule has 0 spiro atoms. The molecule has 0 aliphatic rings. The van der Waals surface area contributed by atoms with Gasteiger partial charge in [0.05, 0.1) is 0 Å². The van der Waals surface area contributed by atoms with Gasteiger partial charge in [0.15, 0.2) is 5.13 Å². The molecule has 0 aliphatic heterocycles. The Morgan fingerprint density at radius 1 is 1.44 bits per heavy atom. The Kier molecular flexibility index (Phi) is 4.95. The summed E-state index contributed by atoms with van der Waals surface area (Å²) < 4.78 is 0. The van der Waals surface area contributed by atoms with Gasteiger partial charge in [-0.25, -0.2) is 4.98 Å². The van der Waals surface area contributed by atoms with Crippen LogP contribution >= 0.6 is 11.3 Å². The summed E-state index contributed by atoms with van der Waals surface area (Å²) in [5.41, 5.74) is 5.77. The number of nitrogens with zero attached hydrogens (tertiary/aromatic N) is 2. The minimum absolute atomic E-state index is 0.133. The van der Waals surface area contributed by atoms with E-state index < -0.39 is 0 Å². The number of carbonyl (C=O) groups excluding carboxylic acids is 1. The first-order valence-corrected chi connectivity index (χ1v) is 6.87. The van der Waals surface area contributed by atoms with Crippen molar-refractivity contribution in [1.82, 2.24) is 10.3 Å². The maximum atomic E-state index is 12.1. The minimum Gasteiger partial charge on any atom is -0.382 e. The summed E-state index contributed by atoms with van der Waals surface area (Å²) in [6.07, 6.45) is 0.949. The van der Waals surface area contributed by atoms with E-state index >= 15 is 0 Å². The van der Waals surface area contributed by atoms with Gasteiger partial charge in [-0.05, 0) is 19.3 Å². The number of hydrogen-bond donors (Lipinski definition) is 2. The lowest BCUT2D eigenvalue weighted by atomic mass is 10.1. The lowest BCUT2D eigenvalue weighted by Gasteiger charge is -2.15. The number of thiazole rings is 1. The first kappa shape index (κ1) is 14.8. The third-order valence-corrected chi connectivity index (χ3v) is 3.67. The Morgan fingerprint density at radius 2 is 2.06 bits per heavy atom. The van der Waals surface area contributed by atoms with Crippen LogP contribution in [0.4, 0.5) is 10.9 Å². The van der Waals surface area contributed by atoms with Gasteiger partial charge in [0.25, 0.3) is 5.91 Å². The van der Waals surface area contributed by atoms with Crippen molar-refractivity contribution >= 4 is 28.2 Å². The topological polar surface area (TPSA) is 71.2 Å². The van der Waals surface area contributed by atoms with Gasteiger partial charge in [0.1, 0.15) is 10.7 Å². The van der Waals surface area contributed by atoms with E-state index in [0.29, 0.717) is 16.6 Å². The van der Waals surface area contributed by atoms with E-state index in [2.05, 4.69) is 24.1 Å². The summed E-state index contributed by atoms with van der Waals surface area (Å²) >= 11 is 1.31. The number of amides is 1. The Labute approximate surface area is 112 Å². The number of nitrogen functional groups attached to an aromatic ring is 1. The van der Waals surface area contributed by atoms with Crippen molar-refractivity contribution in [3.63, 3.8) is 0 Å². The van der Waals surface area contributed by atoms with Crippen LogP contribution in [0.1, 0.15) is 36.9 Å². The SMILES string of the molecule is CC(C)CC(C)NC(=O)c1sc(N(C)C)nc1N. The lowest BCUT2D eigenvalue weighted by molar-refractivity contribution is 0.0941. The number of anilines is 2. The first-order chi connectivity index (χ1) is 8.31. The summed E-state index contributed by atoms with van der Waals surface area (Å²) in [5, 5.41) is 3.70. The molecule has 1 rings (SSSR count). The van der Waals surface area contributed by atoms with E-state index in [1.165, 1.54) is 11.3 Å². The van der Waals surface area contributed by atoms with Crippen LogP contribution in [0.5, 0.6) is 0 Å². The van der Waals surface area contributed by atoms with E-state index in [1.54, 1.807) is 0 Å². The normalized spacial score (nSPS) is 12.6. The fourth-order valence-electron chi connectivity index (χ4n) is 1.73. The quantitative estimate of drug-likeness (QED) is 0.858. The maximum absolute atomic E-state index is 12.1. The van der Waals surface area contributed by atoms with Gasteiger partial charge in [0, 0.05) is 20.1 Å². The monoisotopic (exact) mass is 270 g/mol. The molecule has 1 heterocycles. The molecular formula is C12H22N4OS. The van der Waals surface area contributed by atoms with Crippen molar-refractivity contribution in [3.8, 4) is 0 Å². The Hall–Kier alpha value is -1.30. The predicted molar refractivity (Wildman–Crippen MR) is 77.2 cm³/mol. The summed E-state index contributed by atoms with van der Waals surface area (Å²) in [6.45, 7) is 6.27. The van der Waals surface area contributed by atoms with Crippen molar-refractivity contribution in [1.29, 1.82) is 0 Å². The van der Waals surface area contributed by atoms with Crippen LogP contribution in [0.2, 0.25) is 0 Å². The average Bonchev–Trinajstić information content (AvgIpc) is 2.58. The third kappa shape index (κ3) is 3.87. The van der Waals surface area contributed by atoms with Crippen molar-refractivity contribution in [2.24, 2.45) is 5.92 Å². The van der Waals surface area contributed by atoms with E-state index in [9.17, 15) is 4.79 Å². The van der Waals surface area contributed by atoms with Gasteiger partial charge in [-0.1, -0.05) is 25.2 Å². The number of nitrogens with two attached hydrogens (primary N) is 1. The smallest absolute Gasteiger partial charge is 0.265 e. The Bertz CT molecular complexity index is 414. The van der Waals surface area contributed by atoms with Crippen LogP contribution in [0.15, 0.2) is 0 Å². The zero-order chi connectivity index (χ0) is 13.9. The maximum Gasteiger partial charge on any atom is 0.265 e. The molecular weight excluding hydrogens is 248 g/mol. The first-order valence-electron chi connectivity index (χ1n) is 6.05. The third-order valence-electron chi connectivity index (χ3n) is 2.43. The van der Waals surface area contributed by atoms with Crippen LogP contribution < -0.4 is 16.0 Å². The van der Waals surface area contributed by atoms with Crippen LogP contribution in [-0.4, -0.2) is 31.0 Å². The van der Waals surface area contributed by atoms with E-state index in [0.717, 1.165) is 11.6 Å². The largest absolute Gasteiger partial charge is 0.382 e. The van der Waals surface area contributed by atoms with Gasteiger partial charge in [-0.3, -0.25) is 4.79 Å². The van der Waals surface area contributed by atoms with Crippen molar-refractivity contribution < 1.29 is 4.79 Å². The van der Waals surface area contributed by atoms with Crippen molar-refractivity contribution in [2.75, 3.05) is 24.7 Å². The van der Waals surface area contributed by atoms with Gasteiger partial charge in [-0.2, -0.15) is 0 Å². The van der Waals surface area contributed by atoms with Crippen LogP contribution in [0, 0.1) is 5.92 Å². The fraction of sp³-hybridized carbons (Fsp3) is 0.667. The van der Waals surface area contributed by atoms with Crippen molar-refractivity contribution in [2.45, 2.75) is 33.2 Å². The molecule has 0 fully saturated rings. The standard InChI is InChI=1S/C12H22N4OS/c1-7(2)6-8(3)14-11(17)9-10(13)15-12(18-9)16(4)5/h7-8H,6,13H2,1-5H3,(H,14,17). The number of rotatable bonds is 5. The Morgan fingerprint density at radius 3 is 2.50 bits per heavy atom. The number of carbonyl (C=O) groups is 1. The fourth-order valence-corrected chi connectivity index (χ4v) is 2.54. The molecule has 3 N–H and O–H groups in total. The zero-order valence-corrected chi connectivity index (χ0v) is 12.5. The second-order valence-electron chi connectivity index (χ2n) is 5.11. The highest BCUT2D eigenvalue weighted by Crippen LogP contribution is 2.26. The molecule has 1 aromatic heterocycles. The molecule has 1 aromatic rings. The molecule has 0 radical (unpaired) electrons. The lowest BCUT2D eigenvalue weighted by Crippen LogP contribution is -2.33. The molecule has 102 valence electrons. The number of nitrogens with one attached hydrogen (secondary N) is 1. The number of hydrogen-bond acceptors (Lipinski definition) is 5. The summed E-state index contributed by atoms with van der Waals surface area (Å²) in [5.74, 6) is 0.723. The highest BCUT2D eigenvalue weighted by molar-refractivity contribution is 7.18. The summed E-state index contributed by atoms with van der Waals surface area (Å²) in [7, 11) is 3.75. The van der Waals surface area contributed by atoms with Crippen LogP contribution in [0.3, 0.4) is 0 Å². The van der Waals surface area contributed by atoms with E-state index in [4.69, 9.17) is 5.73 Å². The molecule has 0 aliphatic carbocycles. The van der Waals surface area contributed by atoms with Crippen LogP contribution in [-0.2, 0) is 0 Å². The highest BCUT2D eigenvalue weighted by Gasteiger charge is 2.18. The van der Waals surface area contributed by atoms with Crippen molar-refractivity contribution in [3.05, 3.63) is 4.88 Å². The second-order valence-corrected chi connectivity index (χ2v) is 6.09. The van der Waals surface area contributed by atoms with Gasteiger partial charge in [0.2, 0.25) is 0 Å². The molecule has 0 aromatic carbocycles. The van der Waals surface area contributed by atoms with E-state index in [1.807, 2.05) is 25.9 Å². The molecule has 5 nitrogen and oxygen atoms in total. The molecule has 1 amide bonds. The summed E-state index contributed by atoms with van der Waals surface area (Å²) in [4.78, 5) is 18.6. The molecule has 6 heteroatoms. The second kappa shape index (κ2) is 6.04. The van der Waals surface area contributed by atoms with Gasteiger partial charge < -0.3 is 16.0 Å². The van der Waals surface area contributed by atoms with Gasteiger partial charge >= 0.3 is 0 Å². The van der Waals surface area contributed by atoms with Gasteiger partial charge in [-0.15, -0.1) is 0 Å². The molecule has 1 unspecified atom stereocenters. The minimum atomic E-state index is -0.133. The molecule has 0 saturated heterocycles. The molecule has 1 atom stereocenters. The molecule has 0 bridgehead atoms. The average molecular weight is 270 g/mol. The summed E-state index contributed by atoms with van der Waals surface area (Å²) in [6, 6.07) is 0.141. The molecule has 18 heavy (non-hydrogen) atoms. The zero-order valence-electron chi connectivity index (χ0n) is 11.7. The van der Waals surface area contributed by atoms with Crippen LogP contribution in [0.25, 0.3) is 0 Å². The highest BCUT2D eigenvalue weighted by atomic mass is 32.1. The van der Waals surface area contributed by atoms with E-state index in [-0.39, 0.29) is 11.9 Å².